The van der Waals surface area contributed by atoms with Gasteiger partial charge >= 0.3 is 0 Å². The lowest BCUT2D eigenvalue weighted by molar-refractivity contribution is 0.705. The van der Waals surface area contributed by atoms with Crippen molar-refractivity contribution in [2.45, 2.75) is 39.0 Å². The molecule has 21 heavy (non-hydrogen) atoms. The molecule has 0 amide bonds. The third-order valence-electron chi connectivity index (χ3n) is 3.94. The number of aryl methyl sites for hydroxylation is 1. The molecule has 2 nitrogen and oxygen atoms in total. The van der Waals surface area contributed by atoms with Crippen LogP contribution in [0.1, 0.15) is 43.1 Å². The summed E-state index contributed by atoms with van der Waals surface area (Å²) in [5.74, 6) is 0. The molecular weight excluding hydrogens is 256 g/mol. The quantitative estimate of drug-likeness (QED) is 0.599. The molecule has 2 heteroatoms. The van der Waals surface area contributed by atoms with Crippen molar-refractivity contribution in [3.05, 3.63) is 71.7 Å². The Hall–Kier alpha value is -2.09. The molecule has 0 N–H and O–H groups in total. The van der Waals surface area contributed by atoms with Gasteiger partial charge in [-0.15, -0.1) is 0 Å². The maximum Gasteiger partial charge on any atom is 0.137 e. The third-order valence-corrected chi connectivity index (χ3v) is 3.94. The molecule has 3 aromatic rings. The van der Waals surface area contributed by atoms with Gasteiger partial charge in [-0.05, 0) is 30.5 Å². The standard InChI is InChI=1S/C19H22N2/c1-2-3-5-12-17-18(15-16-10-6-4-7-11-16)21-14-9-8-13-19(21)20-17/h4,6-11,13-14H,2-3,5,12,15H2,1H3. The van der Waals surface area contributed by atoms with E-state index in [-0.39, 0.29) is 0 Å². The number of pyridine rings is 1. The lowest BCUT2D eigenvalue weighted by Gasteiger charge is -2.05. The van der Waals surface area contributed by atoms with Gasteiger partial charge in [-0.3, -0.25) is 0 Å². The van der Waals surface area contributed by atoms with Crippen molar-refractivity contribution in [3.8, 4) is 0 Å². The molecule has 2 aromatic heterocycles. The van der Waals surface area contributed by atoms with Crippen molar-refractivity contribution in [3.63, 3.8) is 0 Å². The van der Waals surface area contributed by atoms with Crippen LogP contribution in [0, 0.1) is 0 Å². The minimum absolute atomic E-state index is 0.952. The van der Waals surface area contributed by atoms with Crippen molar-refractivity contribution in [1.82, 2.24) is 9.38 Å². The number of hydrogen-bond acceptors (Lipinski definition) is 1. The van der Waals surface area contributed by atoms with Crippen LogP contribution in [0.3, 0.4) is 0 Å². The summed E-state index contributed by atoms with van der Waals surface area (Å²) in [6.07, 6.45) is 7.91. The van der Waals surface area contributed by atoms with Crippen LogP contribution in [0.15, 0.2) is 54.7 Å². The lowest BCUT2D eigenvalue weighted by atomic mass is 10.1. The fourth-order valence-electron chi connectivity index (χ4n) is 2.81. The second-order valence-electron chi connectivity index (χ2n) is 5.55. The number of benzene rings is 1. The molecular formula is C19H22N2. The fraction of sp³-hybridized carbons (Fsp3) is 0.316. The highest BCUT2D eigenvalue weighted by atomic mass is 15.0. The zero-order chi connectivity index (χ0) is 14.5. The highest BCUT2D eigenvalue weighted by Gasteiger charge is 2.11. The zero-order valence-electron chi connectivity index (χ0n) is 12.6. The molecule has 0 aliphatic rings. The summed E-state index contributed by atoms with van der Waals surface area (Å²) in [5, 5.41) is 0. The average Bonchev–Trinajstić information content (AvgIpc) is 2.87. The van der Waals surface area contributed by atoms with E-state index in [0.717, 1.165) is 18.5 Å². The molecule has 0 atom stereocenters. The number of unbranched alkanes of at least 4 members (excludes halogenated alkanes) is 2. The summed E-state index contributed by atoms with van der Waals surface area (Å²) >= 11 is 0. The lowest BCUT2D eigenvalue weighted by Crippen LogP contribution is -1.99. The SMILES string of the molecule is CCCCCc1nc2ccccn2c1Cc1ccccc1. The molecule has 0 unspecified atom stereocenters. The molecule has 1 aromatic carbocycles. The van der Waals surface area contributed by atoms with Crippen molar-refractivity contribution in [2.24, 2.45) is 0 Å². The van der Waals surface area contributed by atoms with E-state index < -0.39 is 0 Å². The van der Waals surface area contributed by atoms with Crippen LogP contribution >= 0.6 is 0 Å². The molecule has 0 aliphatic carbocycles. The van der Waals surface area contributed by atoms with Crippen LogP contribution in [-0.2, 0) is 12.8 Å². The molecule has 0 spiro atoms. The van der Waals surface area contributed by atoms with E-state index in [9.17, 15) is 0 Å². The minimum Gasteiger partial charge on any atom is -0.303 e. The van der Waals surface area contributed by atoms with E-state index in [1.807, 2.05) is 0 Å². The Kier molecular flexibility index (Phi) is 4.34. The first-order valence-corrected chi connectivity index (χ1v) is 7.87. The van der Waals surface area contributed by atoms with Crippen LogP contribution in [0.2, 0.25) is 0 Å². The van der Waals surface area contributed by atoms with Crippen molar-refractivity contribution >= 4 is 5.65 Å². The van der Waals surface area contributed by atoms with Gasteiger partial charge in [0.1, 0.15) is 5.65 Å². The predicted molar refractivity (Wildman–Crippen MR) is 87.7 cm³/mol. The van der Waals surface area contributed by atoms with E-state index in [0.29, 0.717) is 0 Å². The largest absolute Gasteiger partial charge is 0.303 e. The van der Waals surface area contributed by atoms with Gasteiger partial charge in [0.2, 0.25) is 0 Å². The van der Waals surface area contributed by atoms with E-state index in [2.05, 4.69) is 66.1 Å². The highest BCUT2D eigenvalue weighted by molar-refractivity contribution is 5.44. The number of fused-ring (bicyclic) bond motifs is 1. The molecule has 0 bridgehead atoms. The fourth-order valence-corrected chi connectivity index (χ4v) is 2.81. The summed E-state index contributed by atoms with van der Waals surface area (Å²) in [7, 11) is 0. The van der Waals surface area contributed by atoms with Gasteiger partial charge in [0, 0.05) is 12.6 Å². The number of imidazole rings is 1. The van der Waals surface area contributed by atoms with Crippen molar-refractivity contribution in [2.75, 3.05) is 0 Å². The van der Waals surface area contributed by atoms with Gasteiger partial charge in [0.05, 0.1) is 11.4 Å². The molecule has 0 saturated carbocycles. The van der Waals surface area contributed by atoms with E-state index in [4.69, 9.17) is 4.98 Å². The average molecular weight is 278 g/mol. The second kappa shape index (κ2) is 6.57. The maximum absolute atomic E-state index is 4.84. The Morgan fingerprint density at radius 2 is 1.76 bits per heavy atom. The summed E-state index contributed by atoms with van der Waals surface area (Å²) in [5.41, 5.74) is 5.02. The summed E-state index contributed by atoms with van der Waals surface area (Å²) in [4.78, 5) is 4.84. The van der Waals surface area contributed by atoms with Crippen LogP contribution in [0.25, 0.3) is 5.65 Å². The van der Waals surface area contributed by atoms with Gasteiger partial charge in [0.25, 0.3) is 0 Å². The smallest absolute Gasteiger partial charge is 0.137 e. The normalized spacial score (nSPS) is 11.1. The van der Waals surface area contributed by atoms with E-state index in [1.165, 1.54) is 36.2 Å². The molecule has 108 valence electrons. The summed E-state index contributed by atoms with van der Waals surface area (Å²) in [6.45, 7) is 2.24. The first-order chi connectivity index (χ1) is 10.4. The topological polar surface area (TPSA) is 17.3 Å². The summed E-state index contributed by atoms with van der Waals surface area (Å²) < 4.78 is 2.24. The Morgan fingerprint density at radius 1 is 0.952 bits per heavy atom. The zero-order valence-corrected chi connectivity index (χ0v) is 12.6. The van der Waals surface area contributed by atoms with Crippen LogP contribution in [-0.4, -0.2) is 9.38 Å². The van der Waals surface area contributed by atoms with E-state index in [1.54, 1.807) is 0 Å². The molecule has 3 rings (SSSR count). The number of hydrogen-bond donors (Lipinski definition) is 0. The Balaban J connectivity index is 1.95. The Bertz CT molecular complexity index is 698. The van der Waals surface area contributed by atoms with E-state index >= 15 is 0 Å². The van der Waals surface area contributed by atoms with Gasteiger partial charge in [-0.1, -0.05) is 56.2 Å². The molecule has 0 saturated heterocycles. The Labute approximate surface area is 126 Å². The first kappa shape index (κ1) is 13.9. The number of rotatable bonds is 6. The van der Waals surface area contributed by atoms with Gasteiger partial charge < -0.3 is 4.40 Å². The predicted octanol–water partition coefficient (Wildman–Crippen LogP) is 4.66. The van der Waals surface area contributed by atoms with Crippen molar-refractivity contribution < 1.29 is 0 Å². The number of nitrogens with zero attached hydrogens (tertiary/aromatic N) is 2. The second-order valence-corrected chi connectivity index (χ2v) is 5.55. The van der Waals surface area contributed by atoms with Gasteiger partial charge in [0.15, 0.2) is 0 Å². The Morgan fingerprint density at radius 3 is 2.57 bits per heavy atom. The number of aromatic nitrogens is 2. The van der Waals surface area contributed by atoms with Gasteiger partial charge in [-0.25, -0.2) is 4.98 Å². The highest BCUT2D eigenvalue weighted by Crippen LogP contribution is 2.19. The van der Waals surface area contributed by atoms with Crippen LogP contribution in [0.4, 0.5) is 0 Å². The monoisotopic (exact) mass is 278 g/mol. The maximum atomic E-state index is 4.84. The molecule has 0 aliphatic heterocycles. The molecule has 2 heterocycles. The van der Waals surface area contributed by atoms with Gasteiger partial charge in [-0.2, -0.15) is 0 Å². The molecule has 0 radical (unpaired) electrons. The summed E-state index contributed by atoms with van der Waals surface area (Å²) in [6, 6.07) is 16.9. The minimum atomic E-state index is 0.952. The van der Waals surface area contributed by atoms with Crippen molar-refractivity contribution in [1.29, 1.82) is 0 Å². The first-order valence-electron chi connectivity index (χ1n) is 7.87. The van der Waals surface area contributed by atoms with Crippen LogP contribution < -0.4 is 0 Å². The third kappa shape index (κ3) is 3.15. The molecule has 0 fully saturated rings. The van der Waals surface area contributed by atoms with Crippen LogP contribution in [0.5, 0.6) is 0 Å².